The maximum absolute atomic E-state index is 10.9. The van der Waals surface area contributed by atoms with Gasteiger partial charge < -0.3 is 9.66 Å². The number of halogens is 1. The quantitative estimate of drug-likeness (QED) is 0.649. The lowest BCUT2D eigenvalue weighted by Crippen LogP contribution is -2.03. The molecule has 1 atom stereocenters. The minimum atomic E-state index is -2.60. The van der Waals surface area contributed by atoms with Crippen LogP contribution in [0.15, 0.2) is 29.7 Å². The highest BCUT2D eigenvalue weighted by molar-refractivity contribution is 7.79. The van der Waals surface area contributed by atoms with E-state index < -0.39 is 17.0 Å². The third-order valence-electron chi connectivity index (χ3n) is 1.72. The van der Waals surface area contributed by atoms with Crippen LogP contribution in [0.3, 0.4) is 0 Å². The highest BCUT2D eigenvalue weighted by Crippen LogP contribution is 2.27. The SMILES string of the molecule is C=C(C(=O)O)c1cccc(Cl)c1S(=O)[O-]. The van der Waals surface area contributed by atoms with Crippen LogP contribution >= 0.6 is 11.6 Å². The predicted octanol–water partition coefficient (Wildman–Crippen LogP) is 1.68. The minimum Gasteiger partial charge on any atom is -0.768 e. The van der Waals surface area contributed by atoms with Crippen LogP contribution in [-0.2, 0) is 15.9 Å². The first kappa shape index (κ1) is 11.9. The van der Waals surface area contributed by atoms with Crippen LogP contribution in [-0.4, -0.2) is 19.8 Å². The van der Waals surface area contributed by atoms with Crippen LogP contribution in [0.2, 0.25) is 5.02 Å². The largest absolute Gasteiger partial charge is 0.768 e. The van der Waals surface area contributed by atoms with E-state index in [9.17, 15) is 13.6 Å². The van der Waals surface area contributed by atoms with Gasteiger partial charge in [-0.3, -0.25) is 4.21 Å². The molecule has 1 aromatic carbocycles. The topological polar surface area (TPSA) is 77.4 Å². The summed E-state index contributed by atoms with van der Waals surface area (Å²) in [6.07, 6.45) is 0. The van der Waals surface area contributed by atoms with Gasteiger partial charge in [-0.05, 0) is 17.1 Å². The van der Waals surface area contributed by atoms with Crippen molar-refractivity contribution in [1.29, 1.82) is 0 Å². The summed E-state index contributed by atoms with van der Waals surface area (Å²) in [5, 5.41) is 8.66. The van der Waals surface area contributed by atoms with Crippen molar-refractivity contribution in [1.82, 2.24) is 0 Å². The van der Waals surface area contributed by atoms with E-state index in [1.807, 2.05) is 0 Å². The molecule has 0 heterocycles. The van der Waals surface area contributed by atoms with E-state index in [2.05, 4.69) is 6.58 Å². The Morgan fingerprint density at radius 1 is 1.53 bits per heavy atom. The highest BCUT2D eigenvalue weighted by Gasteiger charge is 2.14. The van der Waals surface area contributed by atoms with E-state index in [0.29, 0.717) is 0 Å². The first-order valence-electron chi connectivity index (χ1n) is 3.75. The van der Waals surface area contributed by atoms with Gasteiger partial charge in [-0.2, -0.15) is 0 Å². The Morgan fingerprint density at radius 3 is 2.60 bits per heavy atom. The van der Waals surface area contributed by atoms with Gasteiger partial charge in [0.05, 0.1) is 15.5 Å². The van der Waals surface area contributed by atoms with E-state index in [1.54, 1.807) is 0 Å². The summed E-state index contributed by atoms with van der Waals surface area (Å²) in [4.78, 5) is 10.4. The Labute approximate surface area is 93.5 Å². The molecule has 0 aliphatic heterocycles. The Balaban J connectivity index is 3.42. The van der Waals surface area contributed by atoms with Crippen LogP contribution in [0.4, 0.5) is 0 Å². The van der Waals surface area contributed by atoms with Crippen molar-refractivity contribution in [2.45, 2.75) is 4.90 Å². The zero-order valence-corrected chi connectivity index (χ0v) is 8.97. The van der Waals surface area contributed by atoms with Crippen molar-refractivity contribution >= 4 is 34.2 Å². The average Bonchev–Trinajstić information content (AvgIpc) is 2.15. The fourth-order valence-electron chi connectivity index (χ4n) is 1.03. The molecule has 0 amide bonds. The van der Waals surface area contributed by atoms with Crippen molar-refractivity contribution in [3.8, 4) is 0 Å². The molecule has 80 valence electrons. The fraction of sp³-hybridized carbons (Fsp3) is 0. The molecule has 0 radical (unpaired) electrons. The summed E-state index contributed by atoms with van der Waals surface area (Å²) >= 11 is 3.05. The number of benzene rings is 1. The van der Waals surface area contributed by atoms with Crippen molar-refractivity contribution in [3.63, 3.8) is 0 Å². The summed E-state index contributed by atoms with van der Waals surface area (Å²) in [6, 6.07) is 4.17. The molecule has 4 nitrogen and oxygen atoms in total. The lowest BCUT2D eigenvalue weighted by Gasteiger charge is -2.13. The second kappa shape index (κ2) is 4.57. The number of rotatable bonds is 3. The Kier molecular flexibility index (Phi) is 3.62. The summed E-state index contributed by atoms with van der Waals surface area (Å²) < 4.78 is 21.7. The molecular formula is C9H6ClO4S-. The van der Waals surface area contributed by atoms with Crippen molar-refractivity contribution in [2.24, 2.45) is 0 Å². The zero-order valence-electron chi connectivity index (χ0n) is 7.40. The summed E-state index contributed by atoms with van der Waals surface area (Å²) in [5.74, 6) is -1.29. The van der Waals surface area contributed by atoms with Gasteiger partial charge in [0.2, 0.25) is 0 Å². The van der Waals surface area contributed by atoms with Crippen LogP contribution in [0.5, 0.6) is 0 Å². The molecule has 0 aliphatic carbocycles. The molecule has 0 saturated heterocycles. The van der Waals surface area contributed by atoms with E-state index in [0.717, 1.165) is 0 Å². The molecule has 0 bridgehead atoms. The van der Waals surface area contributed by atoms with Gasteiger partial charge in [-0.25, -0.2) is 4.79 Å². The van der Waals surface area contributed by atoms with Crippen molar-refractivity contribution < 1.29 is 18.7 Å². The summed E-state index contributed by atoms with van der Waals surface area (Å²) in [5.41, 5.74) is -0.306. The average molecular weight is 246 g/mol. The summed E-state index contributed by atoms with van der Waals surface area (Å²) in [7, 11) is 0. The van der Waals surface area contributed by atoms with E-state index in [-0.39, 0.29) is 21.1 Å². The third-order valence-corrected chi connectivity index (χ3v) is 2.92. The third kappa shape index (κ3) is 2.44. The fourth-order valence-corrected chi connectivity index (χ4v) is 1.99. The molecule has 1 rings (SSSR count). The summed E-state index contributed by atoms with van der Waals surface area (Å²) in [6.45, 7) is 3.28. The lowest BCUT2D eigenvalue weighted by molar-refractivity contribution is -0.130. The first-order valence-corrected chi connectivity index (χ1v) is 5.20. The van der Waals surface area contributed by atoms with Gasteiger partial charge in [-0.1, -0.05) is 30.3 Å². The Hall–Kier alpha value is -1.17. The number of carboxylic acid groups (broad SMARTS) is 1. The van der Waals surface area contributed by atoms with Crippen molar-refractivity contribution in [3.05, 3.63) is 35.4 Å². The normalized spacial score (nSPS) is 12.1. The smallest absolute Gasteiger partial charge is 0.335 e. The maximum Gasteiger partial charge on any atom is 0.335 e. The van der Waals surface area contributed by atoms with Crippen LogP contribution in [0.1, 0.15) is 5.56 Å². The number of aliphatic carboxylic acids is 1. The number of hydrogen-bond donors (Lipinski definition) is 1. The van der Waals surface area contributed by atoms with Gasteiger partial charge >= 0.3 is 5.97 Å². The second-order valence-electron chi connectivity index (χ2n) is 2.63. The van der Waals surface area contributed by atoms with Crippen LogP contribution in [0, 0.1) is 0 Å². The zero-order chi connectivity index (χ0) is 11.6. The van der Waals surface area contributed by atoms with Gasteiger partial charge in [-0.15, -0.1) is 0 Å². The highest BCUT2D eigenvalue weighted by atomic mass is 35.5. The van der Waals surface area contributed by atoms with E-state index in [4.69, 9.17) is 16.7 Å². The number of hydrogen-bond acceptors (Lipinski definition) is 3. The monoisotopic (exact) mass is 245 g/mol. The maximum atomic E-state index is 10.9. The molecule has 0 fully saturated rings. The standard InChI is InChI=1S/C9H7ClO4S/c1-5(9(11)12)6-3-2-4-7(10)8(6)15(13)14/h2-4H,1H2,(H,11,12)(H,13,14)/p-1. The van der Waals surface area contributed by atoms with Gasteiger partial charge in [0.15, 0.2) is 0 Å². The first-order chi connectivity index (χ1) is 6.95. The molecule has 15 heavy (non-hydrogen) atoms. The second-order valence-corrected chi connectivity index (χ2v) is 3.92. The Morgan fingerprint density at radius 2 is 2.13 bits per heavy atom. The van der Waals surface area contributed by atoms with Gasteiger partial charge in [0, 0.05) is 5.56 Å². The molecule has 1 N–H and O–H groups in total. The molecule has 0 aromatic heterocycles. The number of carboxylic acids is 1. The predicted molar refractivity (Wildman–Crippen MR) is 55.3 cm³/mol. The Bertz CT molecular complexity index is 455. The minimum absolute atomic E-state index is 0.00309. The van der Waals surface area contributed by atoms with Crippen molar-refractivity contribution in [2.75, 3.05) is 0 Å². The van der Waals surface area contributed by atoms with Gasteiger partial charge in [0.1, 0.15) is 0 Å². The molecule has 1 unspecified atom stereocenters. The van der Waals surface area contributed by atoms with Crippen LogP contribution < -0.4 is 0 Å². The molecule has 0 spiro atoms. The van der Waals surface area contributed by atoms with Crippen LogP contribution in [0.25, 0.3) is 5.57 Å². The molecular weight excluding hydrogens is 240 g/mol. The lowest BCUT2D eigenvalue weighted by atomic mass is 10.1. The van der Waals surface area contributed by atoms with E-state index >= 15 is 0 Å². The number of carbonyl (C=O) groups is 1. The molecule has 0 aliphatic rings. The van der Waals surface area contributed by atoms with E-state index in [1.165, 1.54) is 18.2 Å². The molecule has 0 saturated carbocycles. The molecule has 1 aromatic rings. The molecule has 6 heteroatoms. The van der Waals surface area contributed by atoms with Gasteiger partial charge in [0.25, 0.3) is 0 Å².